The van der Waals surface area contributed by atoms with Gasteiger partial charge in [0.15, 0.2) is 5.88 Å². The zero-order valence-corrected chi connectivity index (χ0v) is 18.8. The maximum absolute atomic E-state index is 10.2. The van der Waals surface area contributed by atoms with E-state index < -0.39 is 0 Å². The lowest BCUT2D eigenvalue weighted by molar-refractivity contribution is 0.355. The number of imidazole rings is 1. The van der Waals surface area contributed by atoms with Crippen LogP contribution in [0.3, 0.4) is 0 Å². The Labute approximate surface area is 188 Å². The summed E-state index contributed by atoms with van der Waals surface area (Å²) >= 11 is 0. The molecule has 1 aliphatic rings. The molecule has 1 aliphatic carbocycles. The number of fused-ring (bicyclic) bond motifs is 1. The van der Waals surface area contributed by atoms with Crippen LogP contribution in [0.2, 0.25) is 0 Å². The van der Waals surface area contributed by atoms with E-state index in [-0.39, 0.29) is 18.0 Å². The number of hydrogen-bond donors (Lipinski definition) is 2. The zero-order chi connectivity index (χ0) is 22.8. The summed E-state index contributed by atoms with van der Waals surface area (Å²) in [7, 11) is 1.96. The molecule has 0 spiro atoms. The first-order valence-corrected chi connectivity index (χ1v) is 11.1. The van der Waals surface area contributed by atoms with Gasteiger partial charge in [0.1, 0.15) is 6.07 Å². The van der Waals surface area contributed by atoms with Gasteiger partial charge in [-0.05, 0) is 37.5 Å². The molecule has 0 saturated carbocycles. The van der Waals surface area contributed by atoms with Crippen LogP contribution in [0.15, 0.2) is 61.4 Å². The molecular formula is C26H29N5O. The molecule has 164 valence electrons. The lowest BCUT2D eigenvalue weighted by atomic mass is 9.97. The Bertz CT molecular complexity index is 1260. The monoisotopic (exact) mass is 427 g/mol. The van der Waals surface area contributed by atoms with Gasteiger partial charge >= 0.3 is 0 Å². The third-order valence-corrected chi connectivity index (χ3v) is 6.15. The second kappa shape index (κ2) is 8.80. The number of aliphatic hydroxyl groups is 1. The largest absolute Gasteiger partial charge is 0.495 e. The molecule has 1 atom stereocenters. The van der Waals surface area contributed by atoms with Crippen LogP contribution in [0, 0.1) is 11.3 Å². The molecule has 2 N–H and O–H groups in total. The molecule has 6 heteroatoms. The topological polar surface area (TPSA) is 78.8 Å². The normalized spacial score (nSPS) is 15.7. The van der Waals surface area contributed by atoms with E-state index in [2.05, 4.69) is 53.5 Å². The summed E-state index contributed by atoms with van der Waals surface area (Å²) in [5.41, 5.74) is 5.72. The third kappa shape index (κ3) is 3.82. The van der Waals surface area contributed by atoms with Crippen LogP contribution in [0.25, 0.3) is 27.7 Å². The number of aryl methyl sites for hydroxylation is 1. The van der Waals surface area contributed by atoms with Crippen molar-refractivity contribution >= 4 is 16.5 Å². The van der Waals surface area contributed by atoms with Crippen molar-refractivity contribution in [1.29, 1.82) is 5.26 Å². The summed E-state index contributed by atoms with van der Waals surface area (Å²) in [6.07, 6.45) is 12.6. The van der Waals surface area contributed by atoms with Gasteiger partial charge in [-0.1, -0.05) is 44.2 Å². The van der Waals surface area contributed by atoms with Crippen LogP contribution < -0.4 is 5.32 Å². The molecule has 4 rings (SSSR count). The Hall–Kier alpha value is -3.72. The maximum atomic E-state index is 10.2. The number of aliphatic hydroxyl groups excluding tert-OH is 1. The Kier molecular flexibility index (Phi) is 5.91. The molecule has 32 heavy (non-hydrogen) atoms. The van der Waals surface area contributed by atoms with E-state index in [4.69, 9.17) is 0 Å². The molecule has 0 aliphatic heterocycles. The van der Waals surface area contributed by atoms with Crippen molar-refractivity contribution in [3.8, 4) is 17.3 Å². The third-order valence-electron chi connectivity index (χ3n) is 6.15. The highest BCUT2D eigenvalue weighted by atomic mass is 16.3. The molecule has 1 aromatic carbocycles. The van der Waals surface area contributed by atoms with Crippen LogP contribution in [-0.2, 0) is 7.05 Å². The van der Waals surface area contributed by atoms with Gasteiger partial charge in [0.25, 0.3) is 0 Å². The van der Waals surface area contributed by atoms with Crippen LogP contribution in [0.5, 0.6) is 0 Å². The first-order chi connectivity index (χ1) is 15.5. The van der Waals surface area contributed by atoms with Crippen LogP contribution in [0.4, 0.5) is 0 Å². The fourth-order valence-corrected chi connectivity index (χ4v) is 4.58. The fourth-order valence-electron chi connectivity index (χ4n) is 4.58. The van der Waals surface area contributed by atoms with Gasteiger partial charge in [-0.3, -0.25) is 0 Å². The van der Waals surface area contributed by atoms with Gasteiger partial charge in [-0.2, -0.15) is 5.26 Å². The van der Waals surface area contributed by atoms with E-state index in [1.54, 1.807) is 6.33 Å². The summed E-state index contributed by atoms with van der Waals surface area (Å²) in [5.74, 6) is -0.0394. The number of aromatic nitrogens is 3. The minimum atomic E-state index is -0.0394. The number of nitriles is 1. The molecule has 1 unspecified atom stereocenters. The highest BCUT2D eigenvalue weighted by Crippen LogP contribution is 2.38. The molecule has 2 heterocycles. The fraction of sp³-hybridized carbons (Fsp3) is 0.308. The summed E-state index contributed by atoms with van der Waals surface area (Å²) in [4.78, 5) is 4.51. The van der Waals surface area contributed by atoms with Gasteiger partial charge < -0.3 is 19.6 Å². The maximum Gasteiger partial charge on any atom is 0.177 e. The average Bonchev–Trinajstić information content (AvgIpc) is 3.36. The lowest BCUT2D eigenvalue weighted by Gasteiger charge is -2.23. The van der Waals surface area contributed by atoms with Gasteiger partial charge in [-0.15, -0.1) is 0 Å². The zero-order valence-electron chi connectivity index (χ0n) is 18.8. The first kappa shape index (κ1) is 21.5. The smallest absolute Gasteiger partial charge is 0.177 e. The SMILES string of the molecule is C=C(O)NC1C=CC(c2c(C#N)c3ccc(-c4cn(C)cn4)cc3n2C(CC)CC)=CC1. The molecule has 0 radical (unpaired) electrons. The number of allylic oxidation sites excluding steroid dienone is 2. The van der Waals surface area contributed by atoms with E-state index >= 15 is 0 Å². The minimum absolute atomic E-state index is 0.0106. The summed E-state index contributed by atoms with van der Waals surface area (Å²) in [5, 5.41) is 23.5. The van der Waals surface area contributed by atoms with Crippen molar-refractivity contribution < 1.29 is 5.11 Å². The summed E-state index contributed by atoms with van der Waals surface area (Å²) in [6, 6.07) is 9.00. The Morgan fingerprint density at radius 3 is 2.72 bits per heavy atom. The van der Waals surface area contributed by atoms with Gasteiger partial charge in [-0.25, -0.2) is 4.98 Å². The van der Waals surface area contributed by atoms with Crippen LogP contribution >= 0.6 is 0 Å². The van der Waals surface area contributed by atoms with Crippen LogP contribution in [0.1, 0.15) is 50.4 Å². The van der Waals surface area contributed by atoms with Gasteiger partial charge in [0.2, 0.25) is 0 Å². The first-order valence-electron chi connectivity index (χ1n) is 11.1. The van der Waals surface area contributed by atoms with Crippen LogP contribution in [-0.4, -0.2) is 25.3 Å². The molecule has 0 amide bonds. The Morgan fingerprint density at radius 1 is 1.38 bits per heavy atom. The van der Waals surface area contributed by atoms with Crippen molar-refractivity contribution in [1.82, 2.24) is 19.4 Å². The molecule has 0 bridgehead atoms. The van der Waals surface area contributed by atoms with Crippen molar-refractivity contribution in [2.24, 2.45) is 7.05 Å². The minimum Gasteiger partial charge on any atom is -0.495 e. The highest BCUT2D eigenvalue weighted by molar-refractivity contribution is 5.96. The summed E-state index contributed by atoms with van der Waals surface area (Å²) in [6.45, 7) is 7.89. The van der Waals surface area contributed by atoms with E-state index in [1.807, 2.05) is 42.1 Å². The molecule has 0 saturated heterocycles. The van der Waals surface area contributed by atoms with Crippen molar-refractivity contribution in [3.63, 3.8) is 0 Å². The molecule has 0 fully saturated rings. The predicted molar refractivity (Wildman–Crippen MR) is 129 cm³/mol. The second-order valence-electron chi connectivity index (χ2n) is 8.28. The van der Waals surface area contributed by atoms with Crippen molar-refractivity contribution in [2.45, 2.75) is 45.2 Å². The number of rotatable bonds is 7. The number of benzene rings is 1. The number of hydrogen-bond acceptors (Lipinski definition) is 4. The second-order valence-corrected chi connectivity index (χ2v) is 8.28. The predicted octanol–water partition coefficient (Wildman–Crippen LogP) is 5.61. The highest BCUT2D eigenvalue weighted by Gasteiger charge is 2.25. The molecular weight excluding hydrogens is 398 g/mol. The van der Waals surface area contributed by atoms with Gasteiger partial charge in [0, 0.05) is 30.2 Å². The Balaban J connectivity index is 1.91. The molecule has 6 nitrogen and oxygen atoms in total. The van der Waals surface area contributed by atoms with Crippen molar-refractivity contribution in [3.05, 3.63) is 72.7 Å². The van der Waals surface area contributed by atoms with E-state index in [1.165, 1.54) is 0 Å². The Morgan fingerprint density at radius 2 is 2.16 bits per heavy atom. The lowest BCUT2D eigenvalue weighted by Crippen LogP contribution is -2.26. The summed E-state index contributed by atoms with van der Waals surface area (Å²) < 4.78 is 4.28. The van der Waals surface area contributed by atoms with E-state index in [0.29, 0.717) is 12.0 Å². The van der Waals surface area contributed by atoms with E-state index in [9.17, 15) is 10.4 Å². The van der Waals surface area contributed by atoms with Crippen molar-refractivity contribution in [2.75, 3.05) is 0 Å². The standard InChI is InChI=1S/C26H29N5O/c1-5-21(6-2)31-25-13-19(24-15-30(4)16-28-24)9-12-22(25)23(14-27)26(31)18-7-10-20(11-8-18)29-17(3)32/h7-10,12-13,15-16,20-21,29,32H,3,5-6,11H2,1-2,4H3. The average molecular weight is 428 g/mol. The quantitative estimate of drug-likeness (QED) is 0.481. The number of nitrogens with zero attached hydrogens (tertiary/aromatic N) is 4. The molecule has 2 aromatic heterocycles. The number of nitrogens with one attached hydrogen (secondary N) is 1. The van der Waals surface area contributed by atoms with Gasteiger partial charge in [0.05, 0.1) is 34.8 Å². The van der Waals surface area contributed by atoms with E-state index in [0.717, 1.165) is 46.3 Å². The molecule has 3 aromatic rings.